The predicted octanol–water partition coefficient (Wildman–Crippen LogP) is -0.532. The van der Waals surface area contributed by atoms with E-state index in [1.807, 2.05) is 20.8 Å². The van der Waals surface area contributed by atoms with Gasteiger partial charge >= 0.3 is 0 Å². The maximum atomic E-state index is 10.6. The number of nitrogens with one attached hydrogen (secondary N) is 1. The second-order valence-corrected chi connectivity index (χ2v) is 4.08. The van der Waals surface area contributed by atoms with Crippen LogP contribution in [0.5, 0.6) is 0 Å². The molecule has 4 nitrogen and oxygen atoms in total. The Hall–Kier alpha value is -0.610. The highest BCUT2D eigenvalue weighted by molar-refractivity contribution is 5.79. The van der Waals surface area contributed by atoms with Crippen LogP contribution in [0, 0.1) is 5.41 Å². The molecular weight excluding hydrogens is 156 g/mol. The average molecular weight is 174 g/mol. The summed E-state index contributed by atoms with van der Waals surface area (Å²) < 4.78 is 0. The Kier molecular flexibility index (Phi) is 4.20. The second-order valence-electron chi connectivity index (χ2n) is 4.08. The molecule has 1 amide bonds. The molecule has 0 aliphatic heterocycles. The molecule has 0 radical (unpaired) electrons. The van der Waals surface area contributed by atoms with Crippen LogP contribution in [-0.4, -0.2) is 30.2 Å². The molecule has 72 valence electrons. The zero-order chi connectivity index (χ0) is 9.78. The fourth-order valence-electron chi connectivity index (χ4n) is 0.685. The van der Waals surface area contributed by atoms with Gasteiger partial charge in [0.25, 0.3) is 0 Å². The van der Waals surface area contributed by atoms with Crippen LogP contribution in [-0.2, 0) is 4.79 Å². The molecule has 0 aromatic heterocycles. The predicted molar refractivity (Wildman–Crippen MR) is 47.5 cm³/mol. The van der Waals surface area contributed by atoms with Crippen molar-refractivity contribution in [2.75, 3.05) is 13.2 Å². The van der Waals surface area contributed by atoms with Gasteiger partial charge in [0.05, 0.1) is 6.61 Å². The molecule has 1 unspecified atom stereocenters. The van der Waals surface area contributed by atoms with Crippen LogP contribution < -0.4 is 11.1 Å². The minimum atomic E-state index is -0.621. The number of rotatable bonds is 4. The van der Waals surface area contributed by atoms with Gasteiger partial charge in [0.15, 0.2) is 0 Å². The largest absolute Gasteiger partial charge is 0.394 e. The van der Waals surface area contributed by atoms with Gasteiger partial charge in [0, 0.05) is 6.54 Å². The topological polar surface area (TPSA) is 75.3 Å². The number of hydrogen-bond donors (Lipinski definition) is 3. The van der Waals surface area contributed by atoms with E-state index in [1.54, 1.807) is 0 Å². The summed E-state index contributed by atoms with van der Waals surface area (Å²) in [5.74, 6) is -0.512. The molecule has 0 aromatic rings. The molecule has 0 spiro atoms. The maximum Gasteiger partial charge on any atom is 0.236 e. The summed E-state index contributed by atoms with van der Waals surface area (Å²) in [5.41, 5.74) is 5.10. The van der Waals surface area contributed by atoms with E-state index in [1.165, 1.54) is 0 Å². The lowest BCUT2D eigenvalue weighted by Crippen LogP contribution is -2.46. The van der Waals surface area contributed by atoms with Crippen molar-refractivity contribution < 1.29 is 9.90 Å². The number of carbonyl (C=O) groups is 1. The Balaban J connectivity index is 3.81. The summed E-state index contributed by atoms with van der Waals surface area (Å²) in [6.07, 6.45) is 0. The molecule has 0 fully saturated rings. The molecule has 4 N–H and O–H groups in total. The Labute approximate surface area is 73.1 Å². The molecule has 0 saturated carbocycles. The summed E-state index contributed by atoms with van der Waals surface area (Å²) in [5, 5.41) is 11.6. The van der Waals surface area contributed by atoms with Crippen LogP contribution in [0.2, 0.25) is 0 Å². The lowest BCUT2D eigenvalue weighted by molar-refractivity contribution is -0.121. The fraction of sp³-hybridized carbons (Fsp3) is 0.875. The molecule has 12 heavy (non-hydrogen) atoms. The molecule has 4 heteroatoms. The van der Waals surface area contributed by atoms with Crippen molar-refractivity contribution in [3.8, 4) is 0 Å². The van der Waals surface area contributed by atoms with E-state index in [-0.39, 0.29) is 12.0 Å². The van der Waals surface area contributed by atoms with Gasteiger partial charge in [0.2, 0.25) is 5.91 Å². The zero-order valence-corrected chi connectivity index (χ0v) is 7.92. The Morgan fingerprint density at radius 2 is 2.08 bits per heavy atom. The quantitative estimate of drug-likeness (QED) is 0.536. The van der Waals surface area contributed by atoms with Crippen LogP contribution in [0.15, 0.2) is 0 Å². The Bertz CT molecular complexity index is 152. The number of amides is 1. The molecule has 0 aromatic carbocycles. The summed E-state index contributed by atoms with van der Waals surface area (Å²) in [6, 6.07) is -0.621. The highest BCUT2D eigenvalue weighted by Crippen LogP contribution is 2.10. The molecule has 0 heterocycles. The van der Waals surface area contributed by atoms with Gasteiger partial charge < -0.3 is 16.2 Å². The molecule has 1 atom stereocenters. The summed E-state index contributed by atoms with van der Waals surface area (Å²) in [6.45, 7) is 6.52. The number of hydrogen-bond acceptors (Lipinski definition) is 3. The smallest absolute Gasteiger partial charge is 0.236 e. The van der Waals surface area contributed by atoms with Gasteiger partial charge in [0.1, 0.15) is 6.04 Å². The molecular formula is C8H18N2O2. The van der Waals surface area contributed by atoms with Gasteiger partial charge in [-0.25, -0.2) is 0 Å². The van der Waals surface area contributed by atoms with Crippen LogP contribution in [0.3, 0.4) is 0 Å². The van der Waals surface area contributed by atoms with E-state index >= 15 is 0 Å². The first kappa shape index (κ1) is 11.4. The average Bonchev–Trinajstić information content (AvgIpc) is 1.85. The lowest BCUT2D eigenvalue weighted by Gasteiger charge is -2.21. The number of nitrogens with two attached hydrogens (primary N) is 1. The van der Waals surface area contributed by atoms with Crippen molar-refractivity contribution in [3.63, 3.8) is 0 Å². The van der Waals surface area contributed by atoms with Crippen LogP contribution in [0.4, 0.5) is 0 Å². The third kappa shape index (κ3) is 5.09. The molecule has 0 bridgehead atoms. The molecule has 0 saturated heterocycles. The van der Waals surface area contributed by atoms with Crippen molar-refractivity contribution in [3.05, 3.63) is 0 Å². The second kappa shape index (κ2) is 4.42. The number of aliphatic hydroxyl groups is 1. The van der Waals surface area contributed by atoms with Gasteiger partial charge in [-0.3, -0.25) is 4.79 Å². The van der Waals surface area contributed by atoms with Crippen LogP contribution in [0.25, 0.3) is 0 Å². The third-order valence-corrected chi connectivity index (χ3v) is 1.40. The van der Waals surface area contributed by atoms with Gasteiger partial charge in [-0.05, 0) is 5.41 Å². The van der Waals surface area contributed by atoms with Crippen LogP contribution >= 0.6 is 0 Å². The number of carbonyl (C=O) groups excluding carboxylic acids is 1. The fourth-order valence-corrected chi connectivity index (χ4v) is 0.685. The van der Waals surface area contributed by atoms with E-state index in [0.29, 0.717) is 6.54 Å². The van der Waals surface area contributed by atoms with Crippen molar-refractivity contribution in [2.24, 2.45) is 11.1 Å². The lowest BCUT2D eigenvalue weighted by atomic mass is 9.96. The summed E-state index contributed by atoms with van der Waals surface area (Å²) >= 11 is 0. The van der Waals surface area contributed by atoms with E-state index in [9.17, 15) is 4.79 Å². The minimum absolute atomic E-state index is 0.0862. The molecule has 0 rings (SSSR count). The monoisotopic (exact) mass is 174 g/mol. The van der Waals surface area contributed by atoms with Gasteiger partial charge in [-0.15, -0.1) is 0 Å². The van der Waals surface area contributed by atoms with Crippen molar-refractivity contribution in [2.45, 2.75) is 26.8 Å². The standard InChI is InChI=1S/C8H18N2O2/c1-8(2,3)5-10-6(4-11)7(9)12/h6,10-11H,4-5H2,1-3H3,(H2,9,12). The zero-order valence-electron chi connectivity index (χ0n) is 7.92. The molecule has 0 aliphatic rings. The Morgan fingerprint density at radius 1 is 1.58 bits per heavy atom. The highest BCUT2D eigenvalue weighted by Gasteiger charge is 2.17. The molecule has 0 aliphatic carbocycles. The highest BCUT2D eigenvalue weighted by atomic mass is 16.3. The van der Waals surface area contributed by atoms with E-state index in [0.717, 1.165) is 0 Å². The Morgan fingerprint density at radius 3 is 2.33 bits per heavy atom. The van der Waals surface area contributed by atoms with E-state index in [2.05, 4.69) is 5.32 Å². The van der Waals surface area contributed by atoms with E-state index < -0.39 is 11.9 Å². The summed E-state index contributed by atoms with van der Waals surface area (Å²) in [4.78, 5) is 10.6. The van der Waals surface area contributed by atoms with Crippen molar-refractivity contribution in [1.29, 1.82) is 0 Å². The normalized spacial score (nSPS) is 14.3. The minimum Gasteiger partial charge on any atom is -0.394 e. The summed E-state index contributed by atoms with van der Waals surface area (Å²) in [7, 11) is 0. The maximum absolute atomic E-state index is 10.6. The first-order chi connectivity index (χ1) is 5.37. The van der Waals surface area contributed by atoms with Gasteiger partial charge in [-0.1, -0.05) is 20.8 Å². The van der Waals surface area contributed by atoms with Crippen molar-refractivity contribution in [1.82, 2.24) is 5.32 Å². The van der Waals surface area contributed by atoms with Crippen molar-refractivity contribution >= 4 is 5.91 Å². The number of primary amides is 1. The first-order valence-corrected chi connectivity index (χ1v) is 4.00. The van der Waals surface area contributed by atoms with E-state index in [4.69, 9.17) is 10.8 Å². The SMILES string of the molecule is CC(C)(C)CNC(CO)C(N)=O. The number of aliphatic hydroxyl groups excluding tert-OH is 1. The third-order valence-electron chi connectivity index (χ3n) is 1.40. The first-order valence-electron chi connectivity index (χ1n) is 4.00. The van der Waals surface area contributed by atoms with Crippen LogP contribution in [0.1, 0.15) is 20.8 Å². The van der Waals surface area contributed by atoms with Gasteiger partial charge in [-0.2, -0.15) is 0 Å².